The van der Waals surface area contributed by atoms with E-state index in [-0.39, 0.29) is 6.61 Å². The van der Waals surface area contributed by atoms with Crippen molar-refractivity contribution in [3.63, 3.8) is 0 Å². The van der Waals surface area contributed by atoms with Gasteiger partial charge in [0.25, 0.3) is 0 Å². The van der Waals surface area contributed by atoms with E-state index in [1.165, 1.54) is 13.2 Å². The molecule has 0 aliphatic heterocycles. The molecule has 0 atom stereocenters. The average molecular weight is 386 g/mol. The zero-order valence-corrected chi connectivity index (χ0v) is 15.8. The third-order valence-corrected chi connectivity index (χ3v) is 4.62. The SMILES string of the molecule is COc1ccc2c(COC(=O)c3ccc(-c4ccccc4)cc3)cc(=O)oc2c1. The predicted molar refractivity (Wildman–Crippen MR) is 110 cm³/mol. The second-order valence-corrected chi connectivity index (χ2v) is 6.47. The standard InChI is InChI=1S/C24H18O5/c1-27-20-11-12-21-19(13-23(25)29-22(21)14-20)15-28-24(26)18-9-7-17(8-10-18)16-5-3-2-4-6-16/h2-14H,15H2,1H3. The number of hydrogen-bond acceptors (Lipinski definition) is 5. The monoisotopic (exact) mass is 386 g/mol. The highest BCUT2D eigenvalue weighted by atomic mass is 16.5. The first kappa shape index (κ1) is 18.5. The van der Waals surface area contributed by atoms with Crippen LogP contribution in [0.5, 0.6) is 5.75 Å². The van der Waals surface area contributed by atoms with E-state index >= 15 is 0 Å². The van der Waals surface area contributed by atoms with Crippen LogP contribution in [-0.2, 0) is 11.3 Å². The second-order valence-electron chi connectivity index (χ2n) is 6.47. The van der Waals surface area contributed by atoms with Gasteiger partial charge in [-0.25, -0.2) is 9.59 Å². The number of methoxy groups -OCH3 is 1. The van der Waals surface area contributed by atoms with Gasteiger partial charge in [-0.05, 0) is 35.4 Å². The average Bonchev–Trinajstić information content (AvgIpc) is 2.77. The first-order valence-corrected chi connectivity index (χ1v) is 9.07. The number of carbonyl (C=O) groups is 1. The summed E-state index contributed by atoms with van der Waals surface area (Å²) < 4.78 is 15.8. The molecule has 1 aromatic heterocycles. The van der Waals surface area contributed by atoms with Crippen LogP contribution in [0.25, 0.3) is 22.1 Å². The Morgan fingerprint density at radius 3 is 2.34 bits per heavy atom. The summed E-state index contributed by atoms with van der Waals surface area (Å²) in [6, 6.07) is 23.6. The van der Waals surface area contributed by atoms with Gasteiger partial charge in [0.05, 0.1) is 12.7 Å². The normalized spacial score (nSPS) is 10.7. The van der Waals surface area contributed by atoms with Crippen LogP contribution in [-0.4, -0.2) is 13.1 Å². The van der Waals surface area contributed by atoms with E-state index in [1.54, 1.807) is 30.3 Å². The smallest absolute Gasteiger partial charge is 0.338 e. The lowest BCUT2D eigenvalue weighted by atomic mass is 10.0. The lowest BCUT2D eigenvalue weighted by molar-refractivity contribution is 0.0474. The third-order valence-electron chi connectivity index (χ3n) is 4.62. The molecule has 0 bridgehead atoms. The predicted octanol–water partition coefficient (Wildman–Crippen LogP) is 4.83. The van der Waals surface area contributed by atoms with Gasteiger partial charge in [0.2, 0.25) is 0 Å². The summed E-state index contributed by atoms with van der Waals surface area (Å²) in [5.74, 6) is 0.118. The molecule has 0 radical (unpaired) electrons. The quantitative estimate of drug-likeness (QED) is 0.363. The molecule has 4 aromatic rings. The zero-order valence-electron chi connectivity index (χ0n) is 15.8. The van der Waals surface area contributed by atoms with Crippen molar-refractivity contribution in [1.29, 1.82) is 0 Å². The van der Waals surface area contributed by atoms with Crippen molar-refractivity contribution in [3.8, 4) is 16.9 Å². The van der Waals surface area contributed by atoms with E-state index in [0.29, 0.717) is 27.8 Å². The molecule has 3 aromatic carbocycles. The molecule has 0 spiro atoms. The molecule has 5 heteroatoms. The molecule has 0 aliphatic rings. The number of benzene rings is 3. The lowest BCUT2D eigenvalue weighted by Gasteiger charge is -2.09. The van der Waals surface area contributed by atoms with Gasteiger partial charge in [-0.1, -0.05) is 42.5 Å². The van der Waals surface area contributed by atoms with E-state index < -0.39 is 11.6 Å². The summed E-state index contributed by atoms with van der Waals surface area (Å²) in [5, 5.41) is 0.692. The molecular formula is C24H18O5. The third kappa shape index (κ3) is 4.04. The van der Waals surface area contributed by atoms with Crippen molar-refractivity contribution >= 4 is 16.9 Å². The van der Waals surface area contributed by atoms with Crippen molar-refractivity contribution in [2.24, 2.45) is 0 Å². The van der Waals surface area contributed by atoms with Gasteiger partial charge in [0, 0.05) is 23.1 Å². The zero-order chi connectivity index (χ0) is 20.2. The van der Waals surface area contributed by atoms with Crippen LogP contribution in [0.4, 0.5) is 0 Å². The Balaban J connectivity index is 1.52. The van der Waals surface area contributed by atoms with Crippen LogP contribution in [0.3, 0.4) is 0 Å². The molecule has 0 saturated heterocycles. The number of rotatable bonds is 5. The number of esters is 1. The highest BCUT2D eigenvalue weighted by Gasteiger charge is 2.12. The van der Waals surface area contributed by atoms with E-state index in [4.69, 9.17) is 13.9 Å². The molecule has 0 saturated carbocycles. The Hall–Kier alpha value is -3.86. The molecule has 0 aliphatic carbocycles. The maximum Gasteiger partial charge on any atom is 0.338 e. The molecule has 0 N–H and O–H groups in total. The Morgan fingerprint density at radius 2 is 1.62 bits per heavy atom. The van der Waals surface area contributed by atoms with Crippen LogP contribution in [0.2, 0.25) is 0 Å². The summed E-state index contributed by atoms with van der Waals surface area (Å²) >= 11 is 0. The van der Waals surface area contributed by atoms with Gasteiger partial charge in [0.15, 0.2) is 0 Å². The molecular weight excluding hydrogens is 368 g/mol. The summed E-state index contributed by atoms with van der Waals surface area (Å²) in [6.45, 7) is -0.0340. The van der Waals surface area contributed by atoms with E-state index in [9.17, 15) is 9.59 Å². The Labute approximate surface area is 167 Å². The van der Waals surface area contributed by atoms with Gasteiger partial charge >= 0.3 is 11.6 Å². The summed E-state index contributed by atoms with van der Waals surface area (Å²) in [4.78, 5) is 24.3. The van der Waals surface area contributed by atoms with Crippen LogP contribution in [0, 0.1) is 0 Å². The molecule has 0 fully saturated rings. The van der Waals surface area contributed by atoms with Gasteiger partial charge in [-0.2, -0.15) is 0 Å². The van der Waals surface area contributed by atoms with Crippen LogP contribution >= 0.6 is 0 Å². The number of hydrogen-bond donors (Lipinski definition) is 0. The molecule has 5 nitrogen and oxygen atoms in total. The number of fused-ring (bicyclic) bond motifs is 1. The molecule has 0 amide bonds. The fourth-order valence-corrected chi connectivity index (χ4v) is 3.11. The first-order chi connectivity index (χ1) is 14.1. The highest BCUT2D eigenvalue weighted by molar-refractivity contribution is 5.90. The maximum absolute atomic E-state index is 12.4. The fourth-order valence-electron chi connectivity index (χ4n) is 3.11. The minimum Gasteiger partial charge on any atom is -0.497 e. The summed E-state index contributed by atoms with van der Waals surface area (Å²) in [5.41, 5.74) is 2.99. The van der Waals surface area contributed by atoms with Crippen LogP contribution < -0.4 is 10.4 Å². The summed E-state index contributed by atoms with van der Waals surface area (Å²) in [7, 11) is 1.54. The van der Waals surface area contributed by atoms with Gasteiger partial charge < -0.3 is 13.9 Å². The van der Waals surface area contributed by atoms with Crippen molar-refractivity contribution < 1.29 is 18.7 Å². The Morgan fingerprint density at radius 1 is 0.897 bits per heavy atom. The lowest BCUT2D eigenvalue weighted by Crippen LogP contribution is -2.08. The number of ether oxygens (including phenoxy) is 2. The Bertz CT molecular complexity index is 1210. The van der Waals surface area contributed by atoms with Crippen molar-refractivity contribution in [1.82, 2.24) is 0 Å². The largest absolute Gasteiger partial charge is 0.497 e. The second kappa shape index (κ2) is 8.02. The molecule has 144 valence electrons. The van der Waals surface area contributed by atoms with Gasteiger partial charge in [-0.15, -0.1) is 0 Å². The van der Waals surface area contributed by atoms with Crippen molar-refractivity contribution in [3.05, 3.63) is 100 Å². The van der Waals surface area contributed by atoms with Crippen molar-refractivity contribution in [2.75, 3.05) is 7.11 Å². The van der Waals surface area contributed by atoms with Crippen molar-refractivity contribution in [2.45, 2.75) is 6.61 Å². The molecule has 29 heavy (non-hydrogen) atoms. The van der Waals surface area contributed by atoms with Gasteiger partial charge in [0.1, 0.15) is 17.9 Å². The fraction of sp³-hybridized carbons (Fsp3) is 0.0833. The number of carbonyl (C=O) groups excluding carboxylic acids is 1. The van der Waals surface area contributed by atoms with E-state index in [1.807, 2.05) is 42.5 Å². The minimum atomic E-state index is -0.510. The van der Waals surface area contributed by atoms with E-state index in [0.717, 1.165) is 11.1 Å². The van der Waals surface area contributed by atoms with E-state index in [2.05, 4.69) is 0 Å². The summed E-state index contributed by atoms with van der Waals surface area (Å²) in [6.07, 6.45) is 0. The van der Waals surface area contributed by atoms with Crippen LogP contribution in [0.1, 0.15) is 15.9 Å². The maximum atomic E-state index is 12.4. The highest BCUT2D eigenvalue weighted by Crippen LogP contribution is 2.24. The first-order valence-electron chi connectivity index (χ1n) is 9.07. The topological polar surface area (TPSA) is 65.7 Å². The molecule has 1 heterocycles. The Kier molecular flexibility index (Phi) is 5.12. The molecule has 0 unspecified atom stereocenters. The van der Waals surface area contributed by atoms with Gasteiger partial charge in [-0.3, -0.25) is 0 Å². The van der Waals surface area contributed by atoms with Crippen LogP contribution in [0.15, 0.2) is 88.1 Å². The minimum absolute atomic E-state index is 0.0340. The molecule has 4 rings (SSSR count).